The van der Waals surface area contributed by atoms with Gasteiger partial charge in [-0.1, -0.05) is 0 Å². The Bertz CT molecular complexity index is 469. The predicted molar refractivity (Wildman–Crippen MR) is 74.4 cm³/mol. The van der Waals surface area contributed by atoms with Gasteiger partial charge in [0.1, 0.15) is 0 Å². The standard InChI is InChI=1S/C15H19F3N2O/c16-15(17,18)11-1-3-14(4-2-11)20-7-5-12(9-20)19-13-6-8-21-10-13/h1-4,12-13,19H,5-10H2. The Morgan fingerprint density at radius 2 is 1.86 bits per heavy atom. The van der Waals surface area contributed by atoms with Gasteiger partial charge >= 0.3 is 6.18 Å². The molecule has 0 amide bonds. The summed E-state index contributed by atoms with van der Waals surface area (Å²) in [6.07, 6.45) is -2.22. The van der Waals surface area contributed by atoms with Crippen molar-refractivity contribution in [3.8, 4) is 0 Å². The van der Waals surface area contributed by atoms with Gasteiger partial charge in [-0.05, 0) is 37.1 Å². The van der Waals surface area contributed by atoms with Crippen LogP contribution in [0.2, 0.25) is 0 Å². The van der Waals surface area contributed by atoms with Crippen molar-refractivity contribution in [3.05, 3.63) is 29.8 Å². The molecule has 2 aliphatic rings. The summed E-state index contributed by atoms with van der Waals surface area (Å²) >= 11 is 0. The van der Waals surface area contributed by atoms with E-state index in [0.717, 1.165) is 57.0 Å². The van der Waals surface area contributed by atoms with Crippen molar-refractivity contribution in [1.29, 1.82) is 0 Å². The molecule has 116 valence electrons. The maximum Gasteiger partial charge on any atom is 0.416 e. The first-order chi connectivity index (χ1) is 10.0. The van der Waals surface area contributed by atoms with E-state index in [4.69, 9.17) is 4.74 Å². The first kappa shape index (κ1) is 14.7. The highest BCUT2D eigenvalue weighted by atomic mass is 19.4. The van der Waals surface area contributed by atoms with Crippen molar-refractivity contribution in [1.82, 2.24) is 5.32 Å². The Kier molecular flexibility index (Phi) is 4.08. The highest BCUT2D eigenvalue weighted by molar-refractivity contribution is 5.49. The molecule has 3 rings (SSSR count). The first-order valence-electron chi connectivity index (χ1n) is 7.28. The van der Waals surface area contributed by atoms with Crippen LogP contribution in [0.4, 0.5) is 18.9 Å². The fourth-order valence-corrected chi connectivity index (χ4v) is 2.99. The molecule has 21 heavy (non-hydrogen) atoms. The zero-order valence-electron chi connectivity index (χ0n) is 11.7. The minimum absolute atomic E-state index is 0.388. The molecule has 0 radical (unpaired) electrons. The van der Waals surface area contributed by atoms with E-state index in [-0.39, 0.29) is 0 Å². The van der Waals surface area contributed by atoms with Gasteiger partial charge < -0.3 is 15.0 Å². The van der Waals surface area contributed by atoms with Crippen LogP contribution in [-0.4, -0.2) is 38.4 Å². The molecule has 0 spiro atoms. The second-order valence-electron chi connectivity index (χ2n) is 5.70. The number of ether oxygens (including phenoxy) is 1. The van der Waals surface area contributed by atoms with E-state index in [1.165, 1.54) is 0 Å². The third-order valence-electron chi connectivity index (χ3n) is 4.15. The number of rotatable bonds is 3. The van der Waals surface area contributed by atoms with Crippen LogP contribution in [0.15, 0.2) is 24.3 Å². The van der Waals surface area contributed by atoms with E-state index < -0.39 is 11.7 Å². The number of hydrogen-bond donors (Lipinski definition) is 1. The van der Waals surface area contributed by atoms with Gasteiger partial charge in [-0.15, -0.1) is 0 Å². The molecule has 2 atom stereocenters. The Morgan fingerprint density at radius 3 is 2.48 bits per heavy atom. The van der Waals surface area contributed by atoms with Crippen LogP contribution in [0.3, 0.4) is 0 Å². The van der Waals surface area contributed by atoms with Crippen molar-refractivity contribution in [2.24, 2.45) is 0 Å². The van der Waals surface area contributed by atoms with Crippen LogP contribution in [0.25, 0.3) is 0 Å². The zero-order chi connectivity index (χ0) is 14.9. The van der Waals surface area contributed by atoms with Crippen LogP contribution < -0.4 is 10.2 Å². The van der Waals surface area contributed by atoms with Crippen LogP contribution in [0.1, 0.15) is 18.4 Å². The first-order valence-corrected chi connectivity index (χ1v) is 7.28. The Balaban J connectivity index is 1.58. The number of halogens is 3. The van der Waals surface area contributed by atoms with E-state index >= 15 is 0 Å². The Morgan fingerprint density at radius 1 is 1.10 bits per heavy atom. The molecule has 1 N–H and O–H groups in total. The molecule has 0 bridgehead atoms. The minimum atomic E-state index is -4.27. The predicted octanol–water partition coefficient (Wildman–Crippen LogP) is 2.66. The lowest BCUT2D eigenvalue weighted by molar-refractivity contribution is -0.137. The molecule has 2 aliphatic heterocycles. The number of nitrogens with one attached hydrogen (secondary N) is 1. The van der Waals surface area contributed by atoms with Gasteiger partial charge in [-0.3, -0.25) is 0 Å². The van der Waals surface area contributed by atoms with E-state index in [1.807, 2.05) is 0 Å². The van der Waals surface area contributed by atoms with Crippen LogP contribution >= 0.6 is 0 Å². The highest BCUT2D eigenvalue weighted by Crippen LogP contribution is 2.31. The average molecular weight is 300 g/mol. The lowest BCUT2D eigenvalue weighted by Crippen LogP contribution is -2.40. The summed E-state index contributed by atoms with van der Waals surface area (Å²) < 4.78 is 43.0. The smallest absolute Gasteiger partial charge is 0.380 e. The molecule has 1 aromatic rings. The molecule has 0 saturated carbocycles. The second kappa shape index (κ2) is 5.85. The molecule has 6 heteroatoms. The third kappa shape index (κ3) is 3.49. The van der Waals surface area contributed by atoms with E-state index in [9.17, 15) is 13.2 Å². The molecule has 2 saturated heterocycles. The lowest BCUT2D eigenvalue weighted by atomic mass is 10.2. The molecule has 0 aromatic heterocycles. The molecule has 1 aromatic carbocycles. The minimum Gasteiger partial charge on any atom is -0.380 e. The van der Waals surface area contributed by atoms with Crippen LogP contribution in [-0.2, 0) is 10.9 Å². The number of benzene rings is 1. The van der Waals surface area contributed by atoms with Gasteiger partial charge in [0.25, 0.3) is 0 Å². The van der Waals surface area contributed by atoms with Crippen molar-refractivity contribution in [2.75, 3.05) is 31.2 Å². The van der Waals surface area contributed by atoms with Crippen molar-refractivity contribution in [3.63, 3.8) is 0 Å². The maximum absolute atomic E-state index is 12.6. The van der Waals surface area contributed by atoms with Gasteiger partial charge in [0, 0.05) is 37.5 Å². The highest BCUT2D eigenvalue weighted by Gasteiger charge is 2.31. The van der Waals surface area contributed by atoms with Crippen molar-refractivity contribution >= 4 is 5.69 Å². The quantitative estimate of drug-likeness (QED) is 0.929. The third-order valence-corrected chi connectivity index (χ3v) is 4.15. The number of alkyl halides is 3. The summed E-state index contributed by atoms with van der Waals surface area (Å²) in [5.74, 6) is 0. The summed E-state index contributed by atoms with van der Waals surface area (Å²) in [6, 6.07) is 6.23. The molecule has 2 heterocycles. The molecule has 2 fully saturated rings. The molecule has 2 unspecified atom stereocenters. The van der Waals surface area contributed by atoms with Crippen LogP contribution in [0, 0.1) is 0 Å². The summed E-state index contributed by atoms with van der Waals surface area (Å²) in [5, 5.41) is 3.57. The van der Waals surface area contributed by atoms with Gasteiger partial charge in [0.2, 0.25) is 0 Å². The molecule has 3 nitrogen and oxygen atoms in total. The molecular weight excluding hydrogens is 281 g/mol. The topological polar surface area (TPSA) is 24.5 Å². The largest absolute Gasteiger partial charge is 0.416 e. The average Bonchev–Trinajstić information content (AvgIpc) is 3.10. The number of hydrogen-bond acceptors (Lipinski definition) is 3. The summed E-state index contributed by atoms with van der Waals surface area (Å²) in [5.41, 5.74) is 0.262. The van der Waals surface area contributed by atoms with Crippen molar-refractivity contribution < 1.29 is 17.9 Å². The number of nitrogens with zero attached hydrogens (tertiary/aromatic N) is 1. The Hall–Kier alpha value is -1.27. The summed E-state index contributed by atoms with van der Waals surface area (Å²) in [7, 11) is 0. The van der Waals surface area contributed by atoms with E-state index in [1.54, 1.807) is 12.1 Å². The van der Waals surface area contributed by atoms with Gasteiger partial charge in [0.15, 0.2) is 0 Å². The molecule has 0 aliphatic carbocycles. The number of anilines is 1. The monoisotopic (exact) mass is 300 g/mol. The fourth-order valence-electron chi connectivity index (χ4n) is 2.99. The maximum atomic E-state index is 12.6. The van der Waals surface area contributed by atoms with Gasteiger partial charge in [0.05, 0.1) is 12.2 Å². The lowest BCUT2D eigenvalue weighted by Gasteiger charge is -2.21. The van der Waals surface area contributed by atoms with Crippen LogP contribution in [0.5, 0.6) is 0 Å². The SMILES string of the molecule is FC(F)(F)c1ccc(N2CCC(NC3CCOC3)C2)cc1. The summed E-state index contributed by atoms with van der Waals surface area (Å²) in [6.45, 7) is 3.28. The van der Waals surface area contributed by atoms with Crippen molar-refractivity contribution in [2.45, 2.75) is 31.1 Å². The van der Waals surface area contributed by atoms with Gasteiger partial charge in [-0.2, -0.15) is 13.2 Å². The zero-order valence-corrected chi connectivity index (χ0v) is 11.7. The molecular formula is C15H19F3N2O. The second-order valence-corrected chi connectivity index (χ2v) is 5.70. The summed E-state index contributed by atoms with van der Waals surface area (Å²) in [4.78, 5) is 2.13. The van der Waals surface area contributed by atoms with E-state index in [0.29, 0.717) is 12.1 Å². The van der Waals surface area contributed by atoms with Gasteiger partial charge in [-0.25, -0.2) is 0 Å². The van der Waals surface area contributed by atoms with E-state index in [2.05, 4.69) is 10.2 Å². The Labute approximate surface area is 122 Å². The fraction of sp³-hybridized carbons (Fsp3) is 0.600. The normalized spacial score (nSPS) is 26.5.